The molecule has 1 aliphatic heterocycles. The minimum atomic E-state index is 0.436. The lowest BCUT2D eigenvalue weighted by molar-refractivity contribution is 0.195. The van der Waals surface area contributed by atoms with Gasteiger partial charge in [-0.3, -0.25) is 0 Å². The summed E-state index contributed by atoms with van der Waals surface area (Å²) in [5.41, 5.74) is 0. The van der Waals surface area contributed by atoms with Crippen LogP contribution in [0.2, 0.25) is 0 Å². The maximum atomic E-state index is 5.27. The number of ether oxygens (including phenoxy) is 1. The third-order valence-corrected chi connectivity index (χ3v) is 2.67. The maximum Gasteiger partial charge on any atom is 0.127 e. The standard InChI is InChI=1S/C9H11IN2O/c10-7-1-3-11-9(5-7)12-8-2-4-13-6-8/h1,3,5,8H,2,4,6H2,(H,11,12). The second-order valence-electron chi connectivity index (χ2n) is 3.06. The SMILES string of the molecule is Ic1ccnc(NC2CCOC2)c1. The summed E-state index contributed by atoms with van der Waals surface area (Å²) in [5.74, 6) is 0.947. The molecule has 0 aromatic carbocycles. The molecule has 70 valence electrons. The van der Waals surface area contributed by atoms with Crippen molar-refractivity contribution in [3.8, 4) is 0 Å². The van der Waals surface area contributed by atoms with E-state index in [2.05, 4.69) is 32.9 Å². The van der Waals surface area contributed by atoms with Crippen molar-refractivity contribution in [2.45, 2.75) is 12.5 Å². The first kappa shape index (κ1) is 9.21. The van der Waals surface area contributed by atoms with Gasteiger partial charge in [0.1, 0.15) is 5.82 Å². The Kier molecular flexibility index (Phi) is 3.00. The summed E-state index contributed by atoms with van der Waals surface area (Å²) < 4.78 is 6.47. The van der Waals surface area contributed by atoms with Crippen LogP contribution in [0.4, 0.5) is 5.82 Å². The molecule has 4 heteroatoms. The Labute approximate surface area is 91.0 Å². The Morgan fingerprint density at radius 2 is 2.54 bits per heavy atom. The third-order valence-electron chi connectivity index (χ3n) is 2.00. The number of nitrogens with one attached hydrogen (secondary N) is 1. The van der Waals surface area contributed by atoms with Crippen LogP contribution < -0.4 is 5.32 Å². The second kappa shape index (κ2) is 4.23. The first-order valence-corrected chi connectivity index (χ1v) is 5.38. The minimum Gasteiger partial charge on any atom is -0.379 e. The number of aromatic nitrogens is 1. The Balaban J connectivity index is 2.00. The molecule has 0 bridgehead atoms. The van der Waals surface area contributed by atoms with E-state index < -0.39 is 0 Å². The Morgan fingerprint density at radius 3 is 3.23 bits per heavy atom. The molecular weight excluding hydrogens is 279 g/mol. The lowest BCUT2D eigenvalue weighted by Crippen LogP contribution is -2.19. The van der Waals surface area contributed by atoms with Crippen molar-refractivity contribution >= 4 is 28.4 Å². The summed E-state index contributed by atoms with van der Waals surface area (Å²) in [6.45, 7) is 1.66. The van der Waals surface area contributed by atoms with E-state index in [1.54, 1.807) is 0 Å². The Bertz CT molecular complexity index is 287. The molecule has 1 atom stereocenters. The fourth-order valence-corrected chi connectivity index (χ4v) is 1.80. The highest BCUT2D eigenvalue weighted by molar-refractivity contribution is 14.1. The lowest BCUT2D eigenvalue weighted by atomic mass is 10.2. The van der Waals surface area contributed by atoms with E-state index in [9.17, 15) is 0 Å². The van der Waals surface area contributed by atoms with Gasteiger partial charge in [-0.2, -0.15) is 0 Å². The molecule has 1 saturated heterocycles. The van der Waals surface area contributed by atoms with Crippen LogP contribution in [0, 0.1) is 3.57 Å². The molecule has 0 aliphatic carbocycles. The van der Waals surface area contributed by atoms with Crippen LogP contribution in [0.1, 0.15) is 6.42 Å². The van der Waals surface area contributed by atoms with Gasteiger partial charge in [0.15, 0.2) is 0 Å². The van der Waals surface area contributed by atoms with E-state index in [0.717, 1.165) is 25.5 Å². The molecule has 0 saturated carbocycles. The predicted octanol–water partition coefficient (Wildman–Crippen LogP) is 1.89. The van der Waals surface area contributed by atoms with Gasteiger partial charge >= 0.3 is 0 Å². The van der Waals surface area contributed by atoms with Crippen molar-refractivity contribution < 1.29 is 4.74 Å². The van der Waals surface area contributed by atoms with Gasteiger partial charge in [0, 0.05) is 16.4 Å². The summed E-state index contributed by atoms with van der Waals surface area (Å²) in [6.07, 6.45) is 2.90. The summed E-state index contributed by atoms with van der Waals surface area (Å²) in [4.78, 5) is 4.23. The van der Waals surface area contributed by atoms with E-state index in [1.165, 1.54) is 3.57 Å². The summed E-state index contributed by atoms with van der Waals surface area (Å²) in [7, 11) is 0. The van der Waals surface area contributed by atoms with Gasteiger partial charge in [-0.1, -0.05) is 0 Å². The molecule has 1 aliphatic rings. The number of nitrogens with zero attached hydrogens (tertiary/aromatic N) is 1. The zero-order valence-electron chi connectivity index (χ0n) is 7.16. The zero-order valence-corrected chi connectivity index (χ0v) is 9.32. The largest absolute Gasteiger partial charge is 0.379 e. The monoisotopic (exact) mass is 290 g/mol. The van der Waals surface area contributed by atoms with Crippen LogP contribution in [0.15, 0.2) is 18.3 Å². The van der Waals surface area contributed by atoms with Crippen molar-refractivity contribution in [1.82, 2.24) is 4.98 Å². The van der Waals surface area contributed by atoms with Gasteiger partial charge in [-0.05, 0) is 41.1 Å². The van der Waals surface area contributed by atoms with Crippen molar-refractivity contribution in [2.75, 3.05) is 18.5 Å². The van der Waals surface area contributed by atoms with Crippen molar-refractivity contribution in [3.05, 3.63) is 21.9 Å². The number of pyridine rings is 1. The van der Waals surface area contributed by atoms with E-state index in [0.29, 0.717) is 6.04 Å². The maximum absolute atomic E-state index is 5.27. The highest BCUT2D eigenvalue weighted by Gasteiger charge is 2.15. The van der Waals surface area contributed by atoms with Gasteiger partial charge in [0.05, 0.1) is 12.6 Å². The first-order valence-electron chi connectivity index (χ1n) is 4.30. The quantitative estimate of drug-likeness (QED) is 0.845. The summed E-state index contributed by atoms with van der Waals surface area (Å²) in [6, 6.07) is 4.46. The summed E-state index contributed by atoms with van der Waals surface area (Å²) in [5, 5.41) is 3.34. The molecule has 1 N–H and O–H groups in total. The van der Waals surface area contributed by atoms with Gasteiger partial charge in [0.2, 0.25) is 0 Å². The molecular formula is C9H11IN2O. The van der Waals surface area contributed by atoms with Crippen LogP contribution in [0.3, 0.4) is 0 Å². The van der Waals surface area contributed by atoms with Crippen molar-refractivity contribution in [2.24, 2.45) is 0 Å². The number of hydrogen-bond acceptors (Lipinski definition) is 3. The topological polar surface area (TPSA) is 34.2 Å². The summed E-state index contributed by atoms with van der Waals surface area (Å²) >= 11 is 2.28. The molecule has 0 radical (unpaired) electrons. The number of hydrogen-bond donors (Lipinski definition) is 1. The van der Waals surface area contributed by atoms with Gasteiger partial charge in [-0.15, -0.1) is 0 Å². The van der Waals surface area contributed by atoms with Crippen molar-refractivity contribution in [3.63, 3.8) is 0 Å². The molecule has 3 nitrogen and oxygen atoms in total. The van der Waals surface area contributed by atoms with Crippen LogP contribution in [-0.4, -0.2) is 24.2 Å². The Morgan fingerprint density at radius 1 is 1.62 bits per heavy atom. The van der Waals surface area contributed by atoms with Crippen LogP contribution in [-0.2, 0) is 4.74 Å². The fraction of sp³-hybridized carbons (Fsp3) is 0.444. The van der Waals surface area contributed by atoms with E-state index in [4.69, 9.17) is 4.74 Å². The van der Waals surface area contributed by atoms with Crippen LogP contribution in [0.5, 0.6) is 0 Å². The molecule has 2 rings (SSSR count). The zero-order chi connectivity index (χ0) is 9.10. The molecule has 13 heavy (non-hydrogen) atoms. The first-order chi connectivity index (χ1) is 6.34. The Hall–Kier alpha value is -0.360. The number of anilines is 1. The van der Waals surface area contributed by atoms with Crippen molar-refractivity contribution in [1.29, 1.82) is 0 Å². The molecule has 0 amide bonds. The minimum absolute atomic E-state index is 0.436. The van der Waals surface area contributed by atoms with Crippen LogP contribution in [0.25, 0.3) is 0 Å². The predicted molar refractivity (Wildman–Crippen MR) is 59.8 cm³/mol. The highest BCUT2D eigenvalue weighted by Crippen LogP contribution is 2.13. The lowest BCUT2D eigenvalue weighted by Gasteiger charge is -2.10. The van der Waals surface area contributed by atoms with E-state index in [1.807, 2.05) is 18.3 Å². The van der Waals surface area contributed by atoms with Gasteiger partial charge in [0.25, 0.3) is 0 Å². The molecule has 1 aromatic rings. The van der Waals surface area contributed by atoms with Crippen LogP contribution >= 0.6 is 22.6 Å². The molecule has 1 fully saturated rings. The molecule has 1 aromatic heterocycles. The van der Waals surface area contributed by atoms with Gasteiger partial charge in [-0.25, -0.2) is 4.98 Å². The average molecular weight is 290 g/mol. The number of halogens is 1. The van der Waals surface area contributed by atoms with E-state index >= 15 is 0 Å². The highest BCUT2D eigenvalue weighted by atomic mass is 127. The number of rotatable bonds is 2. The molecule has 1 unspecified atom stereocenters. The second-order valence-corrected chi connectivity index (χ2v) is 4.31. The van der Waals surface area contributed by atoms with E-state index in [-0.39, 0.29) is 0 Å². The average Bonchev–Trinajstić information content (AvgIpc) is 2.57. The molecule has 2 heterocycles. The van der Waals surface area contributed by atoms with Gasteiger partial charge < -0.3 is 10.1 Å². The smallest absolute Gasteiger partial charge is 0.127 e. The normalized spacial score (nSPS) is 21.8. The molecule has 0 spiro atoms. The fourth-order valence-electron chi connectivity index (χ4n) is 1.34. The third kappa shape index (κ3) is 2.54.